The standard InChI is InChI=1S/C28H30N4O2/c33-27(21-8-10-22(11-9-21)29-16-19-32-17-4-5-18-32)31-25-13-12-23(20-6-2-1-3-7-20)24-14-15-30-28(34)26(24)25/h1-3,6-13,29H,4-5,14-19H2,(H,30,34)(H,31,33). The number of hydrogen-bond acceptors (Lipinski definition) is 4. The van der Waals surface area contributed by atoms with E-state index in [4.69, 9.17) is 0 Å². The first-order chi connectivity index (χ1) is 16.7. The predicted octanol–water partition coefficient (Wildman–Crippen LogP) is 4.40. The fraction of sp³-hybridized carbons (Fsp3) is 0.286. The van der Waals surface area contributed by atoms with Gasteiger partial charge in [0.2, 0.25) is 0 Å². The summed E-state index contributed by atoms with van der Waals surface area (Å²) in [7, 11) is 0. The summed E-state index contributed by atoms with van der Waals surface area (Å²) >= 11 is 0. The maximum absolute atomic E-state index is 13.0. The Morgan fingerprint density at radius 2 is 1.71 bits per heavy atom. The average molecular weight is 455 g/mol. The second-order valence-corrected chi connectivity index (χ2v) is 8.89. The Labute approximate surface area is 200 Å². The minimum atomic E-state index is -0.225. The average Bonchev–Trinajstić information content (AvgIpc) is 3.39. The van der Waals surface area contributed by atoms with Gasteiger partial charge in [-0.25, -0.2) is 0 Å². The predicted molar refractivity (Wildman–Crippen MR) is 136 cm³/mol. The van der Waals surface area contributed by atoms with E-state index >= 15 is 0 Å². The SMILES string of the molecule is O=C(Nc1ccc(-c2ccccc2)c2c1C(=O)NCC2)c1ccc(NCCN2CCCC2)cc1. The lowest BCUT2D eigenvalue weighted by molar-refractivity contribution is 0.0947. The summed E-state index contributed by atoms with van der Waals surface area (Å²) in [5.74, 6) is -0.372. The van der Waals surface area contributed by atoms with Gasteiger partial charge in [0.05, 0.1) is 11.3 Å². The van der Waals surface area contributed by atoms with Crippen molar-refractivity contribution in [3.63, 3.8) is 0 Å². The number of hydrogen-bond donors (Lipinski definition) is 3. The number of amides is 2. The molecule has 2 aliphatic heterocycles. The van der Waals surface area contributed by atoms with Crippen LogP contribution in [0.1, 0.15) is 39.1 Å². The minimum Gasteiger partial charge on any atom is -0.384 e. The van der Waals surface area contributed by atoms with Gasteiger partial charge in [0.1, 0.15) is 0 Å². The molecule has 3 N–H and O–H groups in total. The molecule has 1 fully saturated rings. The second kappa shape index (κ2) is 10.1. The molecule has 3 aromatic rings. The van der Waals surface area contributed by atoms with Crippen molar-refractivity contribution in [3.8, 4) is 11.1 Å². The van der Waals surface area contributed by atoms with Crippen molar-refractivity contribution in [3.05, 3.63) is 83.4 Å². The van der Waals surface area contributed by atoms with E-state index < -0.39 is 0 Å². The van der Waals surface area contributed by atoms with Crippen molar-refractivity contribution in [2.45, 2.75) is 19.3 Å². The van der Waals surface area contributed by atoms with Crippen molar-refractivity contribution in [1.82, 2.24) is 10.2 Å². The first-order valence-electron chi connectivity index (χ1n) is 12.1. The molecule has 2 amide bonds. The summed E-state index contributed by atoms with van der Waals surface area (Å²) in [5.41, 5.74) is 5.74. The molecule has 6 heteroatoms. The zero-order chi connectivity index (χ0) is 23.3. The van der Waals surface area contributed by atoms with Gasteiger partial charge in [-0.05, 0) is 79.4 Å². The van der Waals surface area contributed by atoms with Gasteiger partial charge in [-0.1, -0.05) is 36.4 Å². The molecular weight excluding hydrogens is 424 g/mol. The molecule has 174 valence electrons. The number of nitrogens with zero attached hydrogens (tertiary/aromatic N) is 1. The van der Waals surface area contributed by atoms with Crippen LogP contribution in [0.3, 0.4) is 0 Å². The van der Waals surface area contributed by atoms with Crippen molar-refractivity contribution in [2.24, 2.45) is 0 Å². The maximum Gasteiger partial charge on any atom is 0.255 e. The number of benzene rings is 3. The number of fused-ring (bicyclic) bond motifs is 1. The summed E-state index contributed by atoms with van der Waals surface area (Å²) in [6, 6.07) is 21.4. The van der Waals surface area contributed by atoms with Gasteiger partial charge in [0.25, 0.3) is 11.8 Å². The quantitative estimate of drug-likeness (QED) is 0.495. The zero-order valence-corrected chi connectivity index (χ0v) is 19.3. The van der Waals surface area contributed by atoms with Gasteiger partial charge >= 0.3 is 0 Å². The normalized spacial score (nSPS) is 15.5. The summed E-state index contributed by atoms with van der Waals surface area (Å²) < 4.78 is 0. The molecule has 2 heterocycles. The van der Waals surface area contributed by atoms with Gasteiger partial charge in [-0.2, -0.15) is 0 Å². The number of carbonyl (C=O) groups is 2. The van der Waals surface area contributed by atoms with E-state index in [1.165, 1.54) is 25.9 Å². The van der Waals surface area contributed by atoms with Crippen LogP contribution in [0, 0.1) is 0 Å². The van der Waals surface area contributed by atoms with Crippen LogP contribution in [0.2, 0.25) is 0 Å². The van der Waals surface area contributed by atoms with E-state index in [-0.39, 0.29) is 11.8 Å². The molecule has 5 rings (SSSR count). The Kier molecular flexibility index (Phi) is 6.58. The molecule has 34 heavy (non-hydrogen) atoms. The van der Waals surface area contributed by atoms with E-state index in [2.05, 4.69) is 20.9 Å². The lowest BCUT2D eigenvalue weighted by Gasteiger charge is -2.23. The van der Waals surface area contributed by atoms with Crippen LogP contribution >= 0.6 is 0 Å². The summed E-state index contributed by atoms with van der Waals surface area (Å²) in [4.78, 5) is 28.2. The third kappa shape index (κ3) is 4.82. The second-order valence-electron chi connectivity index (χ2n) is 8.89. The number of nitrogens with one attached hydrogen (secondary N) is 3. The molecule has 0 aliphatic carbocycles. The van der Waals surface area contributed by atoms with Gasteiger partial charge in [-0.3, -0.25) is 9.59 Å². The lowest BCUT2D eigenvalue weighted by atomic mass is 9.89. The van der Waals surface area contributed by atoms with Gasteiger partial charge in [0, 0.05) is 30.9 Å². The highest BCUT2D eigenvalue weighted by atomic mass is 16.2. The largest absolute Gasteiger partial charge is 0.384 e. The van der Waals surface area contributed by atoms with Gasteiger partial charge in [0.15, 0.2) is 0 Å². The first-order valence-corrected chi connectivity index (χ1v) is 12.1. The van der Waals surface area contributed by atoms with Crippen LogP contribution in [-0.4, -0.2) is 49.4 Å². The molecule has 3 aromatic carbocycles. The van der Waals surface area contributed by atoms with Crippen LogP contribution < -0.4 is 16.0 Å². The third-order valence-electron chi connectivity index (χ3n) is 6.64. The molecule has 0 spiro atoms. The molecule has 0 radical (unpaired) electrons. The van der Waals surface area contributed by atoms with E-state index in [9.17, 15) is 9.59 Å². The van der Waals surface area contributed by atoms with E-state index in [0.29, 0.717) is 23.4 Å². The Hall–Kier alpha value is -3.64. The van der Waals surface area contributed by atoms with Crippen LogP contribution in [0.15, 0.2) is 66.7 Å². The Balaban J connectivity index is 1.30. The number of likely N-dealkylation sites (tertiary alicyclic amines) is 1. The van der Waals surface area contributed by atoms with Gasteiger partial charge in [-0.15, -0.1) is 0 Å². The monoisotopic (exact) mass is 454 g/mol. The van der Waals surface area contributed by atoms with Crippen molar-refractivity contribution in [1.29, 1.82) is 0 Å². The zero-order valence-electron chi connectivity index (χ0n) is 19.3. The highest BCUT2D eigenvalue weighted by Gasteiger charge is 2.25. The molecule has 6 nitrogen and oxygen atoms in total. The third-order valence-corrected chi connectivity index (χ3v) is 6.64. The van der Waals surface area contributed by atoms with Crippen molar-refractivity contribution in [2.75, 3.05) is 43.4 Å². The molecule has 0 bridgehead atoms. The van der Waals surface area contributed by atoms with E-state index in [1.54, 1.807) is 0 Å². The van der Waals surface area contributed by atoms with E-state index in [1.807, 2.05) is 66.7 Å². The van der Waals surface area contributed by atoms with Crippen molar-refractivity contribution < 1.29 is 9.59 Å². The molecule has 0 unspecified atom stereocenters. The summed E-state index contributed by atoms with van der Waals surface area (Å²) in [6.07, 6.45) is 3.32. The fourth-order valence-electron chi connectivity index (χ4n) is 4.85. The molecule has 0 atom stereocenters. The number of anilines is 2. The fourth-order valence-corrected chi connectivity index (χ4v) is 4.85. The van der Waals surface area contributed by atoms with Crippen molar-refractivity contribution >= 4 is 23.2 Å². The Morgan fingerprint density at radius 1 is 0.941 bits per heavy atom. The first kappa shape index (κ1) is 22.2. The topological polar surface area (TPSA) is 73.5 Å². The smallest absolute Gasteiger partial charge is 0.255 e. The number of rotatable bonds is 7. The minimum absolute atomic E-state index is 0.146. The van der Waals surface area contributed by atoms with Crippen LogP contribution in [0.25, 0.3) is 11.1 Å². The summed E-state index contributed by atoms with van der Waals surface area (Å²) in [5, 5.41) is 9.31. The molecular formula is C28H30N4O2. The van der Waals surface area contributed by atoms with Crippen LogP contribution in [0.4, 0.5) is 11.4 Å². The maximum atomic E-state index is 13.0. The van der Waals surface area contributed by atoms with Crippen LogP contribution in [-0.2, 0) is 6.42 Å². The summed E-state index contributed by atoms with van der Waals surface area (Å²) in [6.45, 7) is 4.90. The lowest BCUT2D eigenvalue weighted by Crippen LogP contribution is -2.33. The molecule has 0 saturated carbocycles. The number of carbonyl (C=O) groups excluding carboxylic acids is 2. The van der Waals surface area contributed by atoms with Gasteiger partial charge < -0.3 is 20.9 Å². The Bertz CT molecular complexity index is 1170. The molecule has 0 aromatic heterocycles. The highest BCUT2D eigenvalue weighted by Crippen LogP contribution is 2.33. The Morgan fingerprint density at radius 3 is 2.47 bits per heavy atom. The molecule has 2 aliphatic rings. The highest BCUT2D eigenvalue weighted by molar-refractivity contribution is 6.11. The van der Waals surface area contributed by atoms with Crippen LogP contribution in [0.5, 0.6) is 0 Å². The molecule has 1 saturated heterocycles. The van der Waals surface area contributed by atoms with E-state index in [0.717, 1.165) is 41.9 Å².